The molecular weight excluding hydrogens is 314 g/mol. The molecule has 3 rings (SSSR count). The first-order valence-corrected chi connectivity index (χ1v) is 8.16. The summed E-state index contributed by atoms with van der Waals surface area (Å²) in [6.07, 6.45) is 5.54. The van der Waals surface area contributed by atoms with E-state index < -0.39 is 0 Å². The lowest BCUT2D eigenvalue weighted by Crippen LogP contribution is -2.44. The molecule has 23 heavy (non-hydrogen) atoms. The number of aliphatic hydroxyl groups excluding tert-OH is 1. The van der Waals surface area contributed by atoms with Gasteiger partial charge in [0.1, 0.15) is 5.75 Å². The van der Waals surface area contributed by atoms with Crippen LogP contribution >= 0.6 is 11.6 Å². The number of nitrogens with zero attached hydrogens (tertiary/aromatic N) is 2. The summed E-state index contributed by atoms with van der Waals surface area (Å²) in [7, 11) is 1.60. The van der Waals surface area contributed by atoms with E-state index in [0.29, 0.717) is 10.8 Å². The fraction of sp³-hybridized carbons (Fsp3) is 0.588. The highest BCUT2D eigenvalue weighted by Gasteiger charge is 2.21. The second kappa shape index (κ2) is 7.99. The van der Waals surface area contributed by atoms with Crippen molar-refractivity contribution < 1.29 is 9.84 Å². The summed E-state index contributed by atoms with van der Waals surface area (Å²) in [6, 6.07) is 3.98. The van der Waals surface area contributed by atoms with E-state index in [-0.39, 0.29) is 19.6 Å². The largest absolute Gasteiger partial charge is 0.495 e. The maximum atomic E-state index is 9.98. The predicted molar refractivity (Wildman–Crippen MR) is 94.3 cm³/mol. The molecule has 1 aromatic heterocycles. The number of fused-ring (bicyclic) bond motifs is 1. The molecule has 0 aliphatic carbocycles. The van der Waals surface area contributed by atoms with E-state index in [0.717, 1.165) is 49.8 Å². The van der Waals surface area contributed by atoms with E-state index in [1.54, 1.807) is 7.11 Å². The van der Waals surface area contributed by atoms with Crippen LogP contribution in [0.25, 0.3) is 11.0 Å². The van der Waals surface area contributed by atoms with Crippen LogP contribution < -0.4 is 10.1 Å². The minimum atomic E-state index is -0.216. The molecule has 1 aliphatic rings. The van der Waals surface area contributed by atoms with Crippen LogP contribution in [0.3, 0.4) is 0 Å². The van der Waals surface area contributed by atoms with Gasteiger partial charge in [0.15, 0.2) is 0 Å². The highest BCUT2D eigenvalue weighted by atomic mass is 35.5. The Kier molecular flexibility index (Phi) is 6.27. The summed E-state index contributed by atoms with van der Waals surface area (Å²) >= 11 is 6.20. The summed E-state index contributed by atoms with van der Waals surface area (Å²) in [4.78, 5) is 4.41. The third-order valence-electron chi connectivity index (χ3n) is 4.36. The number of halogens is 1. The topological polar surface area (TPSA) is 59.3 Å². The summed E-state index contributed by atoms with van der Waals surface area (Å²) in [5.74, 6) is 0.647. The van der Waals surface area contributed by atoms with Gasteiger partial charge in [0.25, 0.3) is 0 Å². The second-order valence-electron chi connectivity index (χ2n) is 5.83. The van der Waals surface area contributed by atoms with Gasteiger partial charge in [-0.15, -0.1) is 0 Å². The first kappa shape index (κ1) is 18.0. The third kappa shape index (κ3) is 3.97. The molecule has 6 heteroatoms. The van der Waals surface area contributed by atoms with E-state index in [1.165, 1.54) is 0 Å². The summed E-state index contributed by atoms with van der Waals surface area (Å²) in [5, 5.41) is 14.0. The SMILES string of the molecule is C.COc1cc2ncn(CCC[C@H]3NCCC[C@@H]3O)c2cc1Cl. The number of rotatable bonds is 5. The molecule has 0 bridgehead atoms. The molecule has 1 aliphatic heterocycles. The smallest absolute Gasteiger partial charge is 0.139 e. The standard InChI is InChI=1S/C16H22ClN3O2.CH4/c1-22-16-9-13-14(8-11(16)17)20(10-19-13)7-3-4-12-15(21)5-2-6-18-12;/h8-10,12,15,18,21H,2-7H2,1H3;1H4/t12-,15+;/m1./s1. The van der Waals surface area contributed by atoms with Gasteiger partial charge in [-0.3, -0.25) is 0 Å². The predicted octanol–water partition coefficient (Wildman–Crippen LogP) is 3.23. The lowest BCUT2D eigenvalue weighted by molar-refractivity contribution is 0.0909. The van der Waals surface area contributed by atoms with E-state index in [9.17, 15) is 5.11 Å². The summed E-state index contributed by atoms with van der Waals surface area (Å²) in [5.41, 5.74) is 1.90. The molecule has 2 N–H and O–H groups in total. The average Bonchev–Trinajstić information content (AvgIpc) is 2.90. The van der Waals surface area contributed by atoms with Crippen molar-refractivity contribution in [2.75, 3.05) is 13.7 Å². The van der Waals surface area contributed by atoms with E-state index >= 15 is 0 Å². The van der Waals surface area contributed by atoms with Gasteiger partial charge in [-0.2, -0.15) is 0 Å². The number of aryl methyl sites for hydroxylation is 1. The average molecular weight is 340 g/mol. The van der Waals surface area contributed by atoms with Gasteiger partial charge in [0.2, 0.25) is 0 Å². The van der Waals surface area contributed by atoms with Crippen molar-refractivity contribution in [3.8, 4) is 5.75 Å². The molecule has 1 fully saturated rings. The Bertz CT molecular complexity index is 644. The monoisotopic (exact) mass is 339 g/mol. The van der Waals surface area contributed by atoms with Gasteiger partial charge < -0.3 is 19.7 Å². The molecular formula is C17H26ClN3O2. The number of ether oxygens (including phenoxy) is 1. The minimum Gasteiger partial charge on any atom is -0.495 e. The molecule has 2 heterocycles. The third-order valence-corrected chi connectivity index (χ3v) is 4.65. The number of methoxy groups -OCH3 is 1. The number of hydrogen-bond acceptors (Lipinski definition) is 4. The normalized spacial score (nSPS) is 21.2. The van der Waals surface area contributed by atoms with Crippen LogP contribution in [0.5, 0.6) is 5.75 Å². The molecule has 2 aromatic rings. The van der Waals surface area contributed by atoms with Crippen LogP contribution in [0.1, 0.15) is 33.1 Å². The van der Waals surface area contributed by atoms with Crippen LogP contribution in [-0.4, -0.2) is 40.5 Å². The fourth-order valence-corrected chi connectivity index (χ4v) is 3.34. The van der Waals surface area contributed by atoms with Gasteiger partial charge in [0.05, 0.1) is 35.6 Å². The van der Waals surface area contributed by atoms with Crippen LogP contribution in [0, 0.1) is 0 Å². The lowest BCUT2D eigenvalue weighted by atomic mass is 9.97. The Morgan fingerprint density at radius 2 is 2.30 bits per heavy atom. The molecule has 0 saturated carbocycles. The van der Waals surface area contributed by atoms with Gasteiger partial charge in [0, 0.05) is 18.7 Å². The number of aromatic nitrogens is 2. The first-order valence-electron chi connectivity index (χ1n) is 7.79. The highest BCUT2D eigenvalue weighted by Crippen LogP contribution is 2.29. The second-order valence-corrected chi connectivity index (χ2v) is 6.23. The van der Waals surface area contributed by atoms with Gasteiger partial charge in [-0.1, -0.05) is 19.0 Å². The quantitative estimate of drug-likeness (QED) is 0.878. The van der Waals surface area contributed by atoms with E-state index in [2.05, 4.69) is 14.9 Å². The number of imidazole rings is 1. The van der Waals surface area contributed by atoms with Crippen molar-refractivity contribution >= 4 is 22.6 Å². The Morgan fingerprint density at radius 3 is 3.04 bits per heavy atom. The van der Waals surface area contributed by atoms with Crippen LogP contribution in [0.2, 0.25) is 5.02 Å². The maximum Gasteiger partial charge on any atom is 0.139 e. The molecule has 1 saturated heterocycles. The number of piperidine rings is 1. The Morgan fingerprint density at radius 1 is 1.48 bits per heavy atom. The summed E-state index contributed by atoms with van der Waals surface area (Å²) < 4.78 is 7.32. The molecule has 1 aromatic carbocycles. The lowest BCUT2D eigenvalue weighted by Gasteiger charge is -2.29. The van der Waals surface area contributed by atoms with E-state index in [4.69, 9.17) is 16.3 Å². The van der Waals surface area contributed by atoms with E-state index in [1.807, 2.05) is 18.5 Å². The number of hydrogen-bond donors (Lipinski definition) is 2. The van der Waals surface area contributed by atoms with Gasteiger partial charge >= 0.3 is 0 Å². The molecule has 2 atom stereocenters. The minimum absolute atomic E-state index is 0. The zero-order valence-corrected chi connectivity index (χ0v) is 13.5. The van der Waals surface area contributed by atoms with Crippen LogP contribution in [0.15, 0.2) is 18.5 Å². The Labute approximate surface area is 142 Å². The molecule has 0 amide bonds. The molecule has 0 radical (unpaired) electrons. The van der Waals surface area contributed by atoms with Crippen molar-refractivity contribution in [1.29, 1.82) is 0 Å². The molecule has 5 nitrogen and oxygen atoms in total. The van der Waals surface area contributed by atoms with Crippen molar-refractivity contribution in [2.45, 2.75) is 51.8 Å². The zero-order chi connectivity index (χ0) is 15.5. The van der Waals surface area contributed by atoms with Crippen LogP contribution in [0.4, 0.5) is 0 Å². The van der Waals surface area contributed by atoms with Crippen molar-refractivity contribution in [3.05, 3.63) is 23.5 Å². The molecule has 128 valence electrons. The Balaban J connectivity index is 0.00000192. The van der Waals surface area contributed by atoms with Crippen LogP contribution in [-0.2, 0) is 6.54 Å². The number of benzene rings is 1. The molecule has 0 unspecified atom stereocenters. The zero-order valence-electron chi connectivity index (χ0n) is 12.8. The van der Waals surface area contributed by atoms with Gasteiger partial charge in [-0.05, 0) is 38.3 Å². The van der Waals surface area contributed by atoms with Gasteiger partial charge in [-0.25, -0.2) is 4.98 Å². The first-order chi connectivity index (χ1) is 10.7. The maximum absolute atomic E-state index is 9.98. The van der Waals surface area contributed by atoms with Crippen molar-refractivity contribution in [2.24, 2.45) is 0 Å². The fourth-order valence-electron chi connectivity index (χ4n) is 3.11. The van der Waals surface area contributed by atoms with Crippen molar-refractivity contribution in [1.82, 2.24) is 14.9 Å². The summed E-state index contributed by atoms with van der Waals surface area (Å²) in [6.45, 7) is 1.87. The number of nitrogens with one attached hydrogen (secondary N) is 1. The molecule has 0 spiro atoms. The number of aliphatic hydroxyl groups is 1. The highest BCUT2D eigenvalue weighted by molar-refractivity contribution is 6.32. The Hall–Kier alpha value is -1.30. The van der Waals surface area contributed by atoms with Crippen molar-refractivity contribution in [3.63, 3.8) is 0 Å².